The highest BCUT2D eigenvalue weighted by Gasteiger charge is 2.22. The molecular weight excluding hydrogens is 274 g/mol. The quantitative estimate of drug-likeness (QED) is 0.887. The van der Waals surface area contributed by atoms with Gasteiger partial charge in [0.15, 0.2) is 0 Å². The maximum Gasteiger partial charge on any atom is 0.240 e. The first-order valence-electron chi connectivity index (χ1n) is 6.42. The summed E-state index contributed by atoms with van der Waals surface area (Å²) in [4.78, 5) is 8.77. The number of methoxy groups -OCH3 is 2. The van der Waals surface area contributed by atoms with Gasteiger partial charge in [0.2, 0.25) is 11.8 Å². The van der Waals surface area contributed by atoms with Crippen LogP contribution in [0.4, 0.5) is 0 Å². The minimum Gasteiger partial charge on any atom is -0.480 e. The first-order valence-corrected chi connectivity index (χ1v) is 7.36. The van der Waals surface area contributed by atoms with E-state index in [2.05, 4.69) is 39.9 Å². The molecule has 0 aromatic carbocycles. The van der Waals surface area contributed by atoms with E-state index in [1.165, 1.54) is 11.1 Å². The van der Waals surface area contributed by atoms with Crippen molar-refractivity contribution < 1.29 is 9.47 Å². The van der Waals surface area contributed by atoms with Gasteiger partial charge in [-0.3, -0.25) is 0 Å². The highest BCUT2D eigenvalue weighted by Crippen LogP contribution is 2.31. The number of nitrogens with one attached hydrogen (secondary N) is 1. The Balaban J connectivity index is 2.46. The summed E-state index contributed by atoms with van der Waals surface area (Å²) in [6.45, 7) is 4.99. The zero-order valence-corrected chi connectivity index (χ0v) is 13.0. The molecule has 0 spiro atoms. The van der Waals surface area contributed by atoms with Crippen LogP contribution < -0.4 is 14.8 Å². The molecule has 0 radical (unpaired) electrons. The molecule has 0 bridgehead atoms. The molecular formula is C14H19N3O2S. The monoisotopic (exact) mass is 293 g/mol. The first-order chi connectivity index (χ1) is 9.71. The molecule has 0 aliphatic rings. The Morgan fingerprint density at radius 3 is 2.65 bits per heavy atom. The molecule has 0 fully saturated rings. The van der Waals surface area contributed by atoms with Gasteiger partial charge in [0.05, 0.1) is 26.5 Å². The fraction of sp³-hybridized carbons (Fsp3) is 0.429. The summed E-state index contributed by atoms with van der Waals surface area (Å²) in [5.41, 5.74) is 3.21. The lowest BCUT2D eigenvalue weighted by molar-refractivity contribution is 0.352. The molecule has 2 aromatic heterocycles. The summed E-state index contributed by atoms with van der Waals surface area (Å²) < 4.78 is 10.5. The van der Waals surface area contributed by atoms with E-state index >= 15 is 0 Å². The van der Waals surface area contributed by atoms with Gasteiger partial charge in [-0.1, -0.05) is 6.92 Å². The normalized spacial score (nSPS) is 12.2. The Morgan fingerprint density at radius 1 is 1.30 bits per heavy atom. The molecule has 0 saturated carbocycles. The standard InChI is InChI=1S/C14H19N3O2S/c1-5-15-12(10-8-20-7-9(10)2)13-14(19-4)17-11(18-3)6-16-13/h6-8,12,15H,5H2,1-4H3. The summed E-state index contributed by atoms with van der Waals surface area (Å²) in [5.74, 6) is 0.934. The lowest BCUT2D eigenvalue weighted by Crippen LogP contribution is -2.24. The van der Waals surface area contributed by atoms with Gasteiger partial charge in [-0.2, -0.15) is 16.3 Å². The van der Waals surface area contributed by atoms with Crippen molar-refractivity contribution in [3.63, 3.8) is 0 Å². The number of nitrogens with zero attached hydrogens (tertiary/aromatic N) is 2. The Morgan fingerprint density at radius 2 is 2.10 bits per heavy atom. The number of rotatable bonds is 6. The maximum absolute atomic E-state index is 5.36. The van der Waals surface area contributed by atoms with Gasteiger partial charge < -0.3 is 14.8 Å². The summed E-state index contributed by atoms with van der Waals surface area (Å²) in [7, 11) is 3.16. The van der Waals surface area contributed by atoms with E-state index in [9.17, 15) is 0 Å². The Bertz CT molecular complexity index is 571. The van der Waals surface area contributed by atoms with E-state index in [0.717, 1.165) is 12.2 Å². The SMILES string of the molecule is CCNC(c1cscc1C)c1ncc(OC)nc1OC. The smallest absolute Gasteiger partial charge is 0.240 e. The third kappa shape index (κ3) is 2.91. The summed E-state index contributed by atoms with van der Waals surface area (Å²) >= 11 is 1.68. The molecule has 1 N–H and O–H groups in total. The maximum atomic E-state index is 5.36. The molecule has 0 amide bonds. The largest absolute Gasteiger partial charge is 0.480 e. The zero-order chi connectivity index (χ0) is 14.5. The Labute approximate surface area is 123 Å². The molecule has 0 aliphatic heterocycles. The van der Waals surface area contributed by atoms with Crippen LogP contribution in [-0.2, 0) is 0 Å². The van der Waals surface area contributed by atoms with Crippen LogP contribution in [0.3, 0.4) is 0 Å². The molecule has 6 heteroatoms. The minimum atomic E-state index is -0.0281. The van der Waals surface area contributed by atoms with Crippen molar-refractivity contribution in [3.8, 4) is 11.8 Å². The van der Waals surface area contributed by atoms with Gasteiger partial charge in [0.1, 0.15) is 5.69 Å². The number of aromatic nitrogens is 2. The van der Waals surface area contributed by atoms with Crippen molar-refractivity contribution in [2.45, 2.75) is 19.9 Å². The topological polar surface area (TPSA) is 56.3 Å². The molecule has 5 nitrogen and oxygen atoms in total. The predicted octanol–water partition coefficient (Wildman–Crippen LogP) is 2.56. The Hall–Kier alpha value is -1.66. The van der Waals surface area contributed by atoms with Crippen molar-refractivity contribution in [2.24, 2.45) is 0 Å². The van der Waals surface area contributed by atoms with Gasteiger partial charge in [-0.15, -0.1) is 0 Å². The lowest BCUT2D eigenvalue weighted by atomic mass is 10.0. The average molecular weight is 293 g/mol. The van der Waals surface area contributed by atoms with Gasteiger partial charge >= 0.3 is 0 Å². The van der Waals surface area contributed by atoms with E-state index < -0.39 is 0 Å². The predicted molar refractivity (Wildman–Crippen MR) is 79.7 cm³/mol. The number of aryl methyl sites for hydroxylation is 1. The van der Waals surface area contributed by atoms with Crippen LogP contribution in [0.1, 0.15) is 29.8 Å². The highest BCUT2D eigenvalue weighted by molar-refractivity contribution is 7.08. The van der Waals surface area contributed by atoms with Crippen molar-refractivity contribution in [1.82, 2.24) is 15.3 Å². The Kier molecular flexibility index (Phi) is 4.92. The molecule has 0 saturated heterocycles. The van der Waals surface area contributed by atoms with Crippen LogP contribution in [0, 0.1) is 6.92 Å². The van der Waals surface area contributed by atoms with Crippen LogP contribution >= 0.6 is 11.3 Å². The lowest BCUT2D eigenvalue weighted by Gasteiger charge is -2.19. The summed E-state index contributed by atoms with van der Waals surface area (Å²) in [5, 5.41) is 7.70. The fourth-order valence-corrected chi connectivity index (χ4v) is 2.91. The fourth-order valence-electron chi connectivity index (χ4n) is 2.04. The second-order valence-corrected chi connectivity index (χ2v) is 5.05. The molecule has 1 atom stereocenters. The van der Waals surface area contributed by atoms with E-state index in [-0.39, 0.29) is 6.04 Å². The van der Waals surface area contributed by atoms with Crippen molar-refractivity contribution >= 4 is 11.3 Å². The first kappa shape index (κ1) is 14.7. The third-order valence-electron chi connectivity index (χ3n) is 3.04. The van der Waals surface area contributed by atoms with E-state index in [1.54, 1.807) is 31.8 Å². The van der Waals surface area contributed by atoms with Crippen LogP contribution in [0.25, 0.3) is 0 Å². The van der Waals surface area contributed by atoms with E-state index in [4.69, 9.17) is 9.47 Å². The molecule has 2 rings (SSSR count). The molecule has 1 unspecified atom stereocenters. The molecule has 0 aliphatic carbocycles. The number of hydrogen-bond donors (Lipinski definition) is 1. The molecule has 20 heavy (non-hydrogen) atoms. The van der Waals surface area contributed by atoms with Crippen LogP contribution in [-0.4, -0.2) is 30.7 Å². The van der Waals surface area contributed by atoms with Crippen LogP contribution in [0.2, 0.25) is 0 Å². The van der Waals surface area contributed by atoms with Gasteiger partial charge in [0, 0.05) is 0 Å². The van der Waals surface area contributed by atoms with Crippen molar-refractivity contribution in [3.05, 3.63) is 33.8 Å². The van der Waals surface area contributed by atoms with Crippen molar-refractivity contribution in [2.75, 3.05) is 20.8 Å². The summed E-state index contributed by atoms with van der Waals surface area (Å²) in [6, 6.07) is -0.0281. The van der Waals surface area contributed by atoms with Gasteiger partial charge in [-0.25, -0.2) is 4.98 Å². The van der Waals surface area contributed by atoms with Crippen molar-refractivity contribution in [1.29, 1.82) is 0 Å². The number of ether oxygens (including phenoxy) is 2. The average Bonchev–Trinajstić information content (AvgIpc) is 2.90. The number of hydrogen-bond acceptors (Lipinski definition) is 6. The second-order valence-electron chi connectivity index (χ2n) is 4.31. The van der Waals surface area contributed by atoms with Gasteiger partial charge in [0.25, 0.3) is 0 Å². The molecule has 2 aromatic rings. The second kappa shape index (κ2) is 6.67. The van der Waals surface area contributed by atoms with E-state index in [0.29, 0.717) is 11.8 Å². The molecule has 108 valence electrons. The summed E-state index contributed by atoms with van der Waals surface area (Å²) in [6.07, 6.45) is 1.61. The number of thiophene rings is 1. The van der Waals surface area contributed by atoms with Crippen LogP contribution in [0.5, 0.6) is 11.8 Å². The zero-order valence-electron chi connectivity index (χ0n) is 12.1. The highest BCUT2D eigenvalue weighted by atomic mass is 32.1. The van der Waals surface area contributed by atoms with Crippen LogP contribution in [0.15, 0.2) is 17.0 Å². The third-order valence-corrected chi connectivity index (χ3v) is 3.91. The van der Waals surface area contributed by atoms with E-state index in [1.807, 2.05) is 0 Å². The van der Waals surface area contributed by atoms with Gasteiger partial charge in [-0.05, 0) is 35.4 Å². The molecule has 2 heterocycles. The minimum absolute atomic E-state index is 0.0281.